The zero-order valence-electron chi connectivity index (χ0n) is 21.3. The minimum Gasteiger partial charge on any atom is -0.396 e. The molecule has 3 aliphatic carbocycles. The van der Waals surface area contributed by atoms with Gasteiger partial charge in [0.25, 0.3) is 0 Å². The Labute approximate surface area is 205 Å². The minimum absolute atomic E-state index is 0.0101. The van der Waals surface area contributed by atoms with Crippen molar-refractivity contribution >= 4 is 11.8 Å². The Bertz CT molecular complexity index is 686. The molecule has 3 aliphatic rings. The van der Waals surface area contributed by atoms with Crippen molar-refractivity contribution in [2.24, 2.45) is 23.2 Å². The van der Waals surface area contributed by atoms with E-state index in [4.69, 9.17) is 0 Å². The molecule has 3 fully saturated rings. The first kappa shape index (κ1) is 27.3. The third-order valence-corrected chi connectivity index (χ3v) is 11.0. The molecule has 4 nitrogen and oxygen atoms in total. The summed E-state index contributed by atoms with van der Waals surface area (Å²) >= 11 is 1.97. The molecule has 0 aliphatic heterocycles. The van der Waals surface area contributed by atoms with Gasteiger partial charge in [0.05, 0.1) is 17.8 Å². The minimum atomic E-state index is -0.569. The lowest BCUT2D eigenvalue weighted by Crippen LogP contribution is -2.38. The lowest BCUT2D eigenvalue weighted by molar-refractivity contribution is -0.0163. The second-order valence-corrected chi connectivity index (χ2v) is 12.7. The summed E-state index contributed by atoms with van der Waals surface area (Å²) in [6.07, 6.45) is 12.8. The summed E-state index contributed by atoms with van der Waals surface area (Å²) in [7, 11) is 0. The van der Waals surface area contributed by atoms with Crippen molar-refractivity contribution in [3.63, 3.8) is 0 Å². The fourth-order valence-corrected chi connectivity index (χ4v) is 8.64. The predicted octanol–water partition coefficient (Wildman–Crippen LogP) is 5.24. The topological polar surface area (TPSA) is 80.9 Å². The molecule has 4 N–H and O–H groups in total. The van der Waals surface area contributed by atoms with Crippen molar-refractivity contribution in [2.45, 2.75) is 115 Å². The average molecular weight is 481 g/mol. The Hall–Kier alpha value is -0.330. The van der Waals surface area contributed by atoms with Crippen LogP contribution in [0.5, 0.6) is 0 Å². The van der Waals surface area contributed by atoms with E-state index in [1.54, 1.807) is 5.57 Å². The van der Waals surface area contributed by atoms with E-state index in [0.29, 0.717) is 41.8 Å². The molecule has 0 aromatic heterocycles. The number of thioether (sulfide) groups is 1. The van der Waals surface area contributed by atoms with Gasteiger partial charge in [0, 0.05) is 23.5 Å². The lowest BCUT2D eigenvalue weighted by Gasteiger charge is -2.44. The van der Waals surface area contributed by atoms with E-state index in [2.05, 4.69) is 39.8 Å². The van der Waals surface area contributed by atoms with Gasteiger partial charge >= 0.3 is 0 Å². The van der Waals surface area contributed by atoms with Crippen LogP contribution >= 0.6 is 11.8 Å². The van der Waals surface area contributed by atoms with Crippen LogP contribution in [0.1, 0.15) is 91.9 Å². The van der Waals surface area contributed by atoms with Crippen LogP contribution in [-0.2, 0) is 0 Å². The average Bonchev–Trinajstić information content (AvgIpc) is 3.15. The molecule has 0 spiro atoms. The molecule has 3 saturated carbocycles. The van der Waals surface area contributed by atoms with E-state index in [0.717, 1.165) is 30.6 Å². The standard InChI is InChI=1S/C28H48O4S/c1-5-28(32,6-2)18-33-19(3)23-11-12-24-21(8-7-14-27(23,24)4)10-9-20-16-25(30)22(13-15-29)26(31)17-20/h9-10,19,22-26,29-32H,5-8,11-18H2,1-4H3/b20-9?,21-10+/t19-,22?,23+,24-,25+,26?,27+/m0/s1. The molecule has 0 bridgehead atoms. The van der Waals surface area contributed by atoms with Crippen LogP contribution < -0.4 is 0 Å². The van der Waals surface area contributed by atoms with E-state index in [1.165, 1.54) is 25.7 Å². The van der Waals surface area contributed by atoms with Crippen molar-refractivity contribution in [2.75, 3.05) is 12.4 Å². The van der Waals surface area contributed by atoms with Gasteiger partial charge in [-0.05, 0) is 81.5 Å². The van der Waals surface area contributed by atoms with Crippen molar-refractivity contribution < 1.29 is 20.4 Å². The van der Waals surface area contributed by atoms with Crippen LogP contribution in [0.2, 0.25) is 0 Å². The highest BCUT2D eigenvalue weighted by Crippen LogP contribution is 2.59. The van der Waals surface area contributed by atoms with Crippen molar-refractivity contribution in [1.29, 1.82) is 0 Å². The number of aliphatic hydroxyl groups excluding tert-OH is 3. The quantitative estimate of drug-likeness (QED) is 0.363. The summed E-state index contributed by atoms with van der Waals surface area (Å²) in [5.74, 6) is 1.91. The van der Waals surface area contributed by atoms with Gasteiger partial charge in [0.2, 0.25) is 0 Å². The maximum atomic E-state index is 10.8. The van der Waals surface area contributed by atoms with Crippen molar-refractivity contribution in [3.05, 3.63) is 23.3 Å². The van der Waals surface area contributed by atoms with E-state index >= 15 is 0 Å². The second kappa shape index (κ2) is 11.6. The van der Waals surface area contributed by atoms with Gasteiger partial charge in [0.1, 0.15) is 0 Å². The molecule has 0 amide bonds. The number of hydrogen-bond acceptors (Lipinski definition) is 5. The van der Waals surface area contributed by atoms with Gasteiger partial charge in [-0.2, -0.15) is 11.8 Å². The first-order valence-electron chi connectivity index (χ1n) is 13.4. The molecule has 5 heteroatoms. The summed E-state index contributed by atoms with van der Waals surface area (Å²) < 4.78 is 0. The Balaban J connectivity index is 1.68. The van der Waals surface area contributed by atoms with Crippen LogP contribution in [0.25, 0.3) is 0 Å². The largest absolute Gasteiger partial charge is 0.396 e. The zero-order valence-corrected chi connectivity index (χ0v) is 22.1. The highest BCUT2D eigenvalue weighted by Gasteiger charge is 2.51. The van der Waals surface area contributed by atoms with Crippen molar-refractivity contribution in [1.82, 2.24) is 0 Å². The Morgan fingerprint density at radius 3 is 2.39 bits per heavy atom. The summed E-state index contributed by atoms with van der Waals surface area (Å²) in [6, 6.07) is 0. The number of fused-ring (bicyclic) bond motifs is 1. The zero-order chi connectivity index (χ0) is 24.2. The van der Waals surface area contributed by atoms with E-state index in [1.807, 2.05) is 11.8 Å². The molecule has 0 aromatic rings. The molecule has 0 saturated heterocycles. The van der Waals surface area contributed by atoms with E-state index < -0.39 is 17.8 Å². The number of hydrogen-bond donors (Lipinski definition) is 4. The first-order chi connectivity index (χ1) is 15.7. The molecule has 33 heavy (non-hydrogen) atoms. The highest BCUT2D eigenvalue weighted by molar-refractivity contribution is 7.99. The third kappa shape index (κ3) is 6.09. The molecular weight excluding hydrogens is 432 g/mol. The van der Waals surface area contributed by atoms with Crippen LogP contribution in [0.3, 0.4) is 0 Å². The van der Waals surface area contributed by atoms with Gasteiger partial charge in [-0.15, -0.1) is 0 Å². The molecule has 3 rings (SSSR count). The smallest absolute Gasteiger partial charge is 0.0732 e. The third-order valence-electron chi connectivity index (χ3n) is 9.46. The Kier molecular flexibility index (Phi) is 9.59. The van der Waals surface area contributed by atoms with Crippen LogP contribution in [-0.4, -0.2) is 55.8 Å². The Morgan fingerprint density at radius 1 is 1.12 bits per heavy atom. The van der Waals surface area contributed by atoms with Gasteiger partial charge < -0.3 is 20.4 Å². The summed E-state index contributed by atoms with van der Waals surface area (Å²) in [6.45, 7) is 9.07. The monoisotopic (exact) mass is 480 g/mol. The normalized spacial score (nSPS) is 38.6. The number of rotatable bonds is 9. The second-order valence-electron chi connectivity index (χ2n) is 11.3. The summed E-state index contributed by atoms with van der Waals surface area (Å²) in [5, 5.41) is 41.4. The van der Waals surface area contributed by atoms with Gasteiger partial charge in [0.15, 0.2) is 0 Å². The first-order valence-corrected chi connectivity index (χ1v) is 14.4. The van der Waals surface area contributed by atoms with Crippen LogP contribution in [0.15, 0.2) is 23.3 Å². The lowest BCUT2D eigenvalue weighted by atomic mass is 9.63. The Morgan fingerprint density at radius 2 is 1.79 bits per heavy atom. The van der Waals surface area contributed by atoms with Crippen molar-refractivity contribution in [3.8, 4) is 0 Å². The molecule has 2 unspecified atom stereocenters. The molecule has 0 heterocycles. The molecule has 0 aromatic carbocycles. The fraction of sp³-hybridized carbons (Fsp3) is 0.857. The van der Waals surface area contributed by atoms with Gasteiger partial charge in [-0.25, -0.2) is 0 Å². The predicted molar refractivity (Wildman–Crippen MR) is 138 cm³/mol. The maximum Gasteiger partial charge on any atom is 0.0732 e. The number of aliphatic hydroxyl groups is 4. The summed E-state index contributed by atoms with van der Waals surface area (Å²) in [5.41, 5.74) is 2.47. The van der Waals surface area contributed by atoms with Crippen LogP contribution in [0, 0.1) is 23.2 Å². The molecule has 190 valence electrons. The van der Waals surface area contributed by atoms with E-state index in [-0.39, 0.29) is 12.5 Å². The number of allylic oxidation sites excluding steroid dienone is 3. The van der Waals surface area contributed by atoms with Gasteiger partial charge in [-0.1, -0.05) is 51.0 Å². The molecule has 7 atom stereocenters. The molecule has 0 radical (unpaired) electrons. The SMILES string of the molecule is CCC(O)(CC)CS[C@@H](C)[C@H]1CC[C@H]2/C(=C/C=C3CC(O)C(CCO)[C@H](O)C3)CCC[C@]12C. The fourth-order valence-electron chi connectivity index (χ4n) is 6.98. The molecular formula is C28H48O4S. The van der Waals surface area contributed by atoms with E-state index in [9.17, 15) is 20.4 Å². The summed E-state index contributed by atoms with van der Waals surface area (Å²) in [4.78, 5) is 0. The highest BCUT2D eigenvalue weighted by atomic mass is 32.2. The van der Waals surface area contributed by atoms with Gasteiger partial charge in [-0.3, -0.25) is 0 Å². The maximum absolute atomic E-state index is 10.8. The van der Waals surface area contributed by atoms with Crippen LogP contribution in [0.4, 0.5) is 0 Å².